The average molecular weight is 1670 g/mol. The lowest BCUT2D eigenvalue weighted by Crippen LogP contribution is -2.73. The Kier molecular flexibility index (Phi) is 17.8. The van der Waals surface area contributed by atoms with Crippen molar-refractivity contribution in [2.75, 3.05) is 19.6 Å². The Morgan fingerprint density at radius 2 is 0.607 bits per heavy atom. The first-order chi connectivity index (χ1) is 60.4. The summed E-state index contributed by atoms with van der Waals surface area (Å²) in [5.41, 5.74) is 20.2. The second-order valence-electron chi connectivity index (χ2n) is 32.8. The molecule has 17 aromatic carbocycles. The van der Waals surface area contributed by atoms with Crippen molar-refractivity contribution in [2.45, 2.75) is 90.8 Å². The molecule has 582 valence electrons. The Bertz CT molecular complexity index is 7390. The van der Waals surface area contributed by atoms with E-state index >= 15 is 0 Å². The summed E-state index contributed by atoms with van der Waals surface area (Å²) in [6, 6.07) is 135. The van der Waals surface area contributed by atoms with Gasteiger partial charge in [-0.15, -0.1) is 0 Å². The molecular weight excluding hydrogens is 1590 g/mol. The van der Waals surface area contributed by atoms with Crippen LogP contribution in [-0.2, 0) is 0 Å². The van der Waals surface area contributed by atoms with Crippen LogP contribution < -0.4 is 50.7 Å². The lowest BCUT2D eigenvalue weighted by molar-refractivity contribution is 0.838. The fourth-order valence-corrected chi connectivity index (χ4v) is 36.0. The number of rotatable bonds is 12. The Morgan fingerprint density at radius 1 is 0.246 bits per heavy atom. The lowest BCUT2D eigenvalue weighted by Gasteiger charge is -2.36. The van der Waals surface area contributed by atoms with Gasteiger partial charge < -0.3 is 19.6 Å². The number of anilines is 12. The van der Waals surface area contributed by atoms with Gasteiger partial charge in [0.2, 0.25) is 0 Å². The molecule has 0 bridgehead atoms. The summed E-state index contributed by atoms with van der Waals surface area (Å²) in [6.45, 7) is 4.72. The Balaban J connectivity index is 0.000000139. The molecule has 0 aliphatic carbocycles. The molecule has 6 aliphatic heterocycles. The molecule has 122 heavy (non-hydrogen) atoms. The van der Waals surface area contributed by atoms with E-state index in [1.807, 2.05) is 59.4 Å². The van der Waals surface area contributed by atoms with Crippen LogP contribution in [0.15, 0.2) is 416 Å². The van der Waals surface area contributed by atoms with Crippen molar-refractivity contribution in [2.24, 2.45) is 0 Å². The van der Waals surface area contributed by atoms with Gasteiger partial charge in [0.25, 0.3) is 0 Å². The highest BCUT2D eigenvalue weighted by Gasteiger charge is 2.51. The van der Waals surface area contributed by atoms with Gasteiger partial charge in [-0.2, -0.15) is 0 Å². The van der Waals surface area contributed by atoms with Gasteiger partial charge in [0, 0.05) is 86.1 Å². The topological polar surface area (TPSA) is 38.7 Å². The molecule has 19 aromatic rings. The summed E-state index contributed by atoms with van der Waals surface area (Å²) in [4.78, 5) is 29.8. The minimum atomic E-state index is -2.88. The zero-order valence-electron chi connectivity index (χ0n) is 67.4. The van der Waals surface area contributed by atoms with Gasteiger partial charge in [0.15, 0.2) is 8.07 Å². The molecule has 0 spiro atoms. The van der Waals surface area contributed by atoms with Gasteiger partial charge in [-0.05, 0) is 254 Å². The van der Waals surface area contributed by atoms with Gasteiger partial charge >= 0.3 is 0 Å². The van der Waals surface area contributed by atoms with Crippen LogP contribution in [0, 0.1) is 0 Å². The molecule has 2 aromatic heterocycles. The highest BCUT2D eigenvalue weighted by atomic mass is 32.2. The fourth-order valence-electron chi connectivity index (χ4n) is 20.9. The summed E-state index contributed by atoms with van der Waals surface area (Å²) < 4.78 is 0. The minimum Gasteiger partial charge on any atom is -0.308 e. The van der Waals surface area contributed by atoms with E-state index in [0.29, 0.717) is 0 Å². The van der Waals surface area contributed by atoms with Crippen LogP contribution in [0.3, 0.4) is 0 Å². The number of hydrogen-bond donors (Lipinski definition) is 0. The first kappa shape index (κ1) is 73.3. The van der Waals surface area contributed by atoms with Crippen LogP contribution in [0.25, 0.3) is 76.1 Å². The smallest absolute Gasteiger partial charge is 0.184 e. The van der Waals surface area contributed by atoms with Gasteiger partial charge in [-0.1, -0.05) is 293 Å². The molecule has 0 atom stereocenters. The van der Waals surface area contributed by atoms with E-state index in [0.717, 1.165) is 5.69 Å². The highest BCUT2D eigenvalue weighted by molar-refractivity contribution is 8.00. The van der Waals surface area contributed by atoms with Gasteiger partial charge in [-0.3, -0.25) is 9.97 Å². The Labute approximate surface area is 729 Å². The fraction of sp³-hybridized carbons (Fsp3) is 0.0727. The first-order valence-electron chi connectivity index (χ1n) is 42.6. The predicted molar refractivity (Wildman–Crippen MR) is 524 cm³/mol. The Morgan fingerprint density at radius 3 is 1.06 bits per heavy atom. The third-order valence-electron chi connectivity index (χ3n) is 26.2. The number of aromatic nitrogens is 2. The number of unbranched alkanes of at least 4 members (excludes halogenated alkanes) is 2. The van der Waals surface area contributed by atoms with E-state index in [-0.39, 0.29) is 0 Å². The van der Waals surface area contributed by atoms with Crippen LogP contribution in [0.5, 0.6) is 0 Å². The van der Waals surface area contributed by atoms with E-state index in [9.17, 15) is 0 Å². The average Bonchev–Trinajstić information content (AvgIpc) is 1.53. The second kappa shape index (κ2) is 29.6. The summed E-state index contributed by atoms with van der Waals surface area (Å²) in [5.74, 6) is 0. The zero-order chi connectivity index (χ0) is 80.7. The van der Waals surface area contributed by atoms with E-state index in [1.165, 1.54) is 236 Å². The number of fused-ring (bicyclic) bond motifs is 22. The largest absolute Gasteiger partial charge is 0.308 e. The van der Waals surface area contributed by atoms with Crippen molar-refractivity contribution >= 4 is 216 Å². The zero-order valence-corrected chi connectivity index (χ0v) is 72.6. The predicted octanol–water partition coefficient (Wildman–Crippen LogP) is 28.2. The number of para-hydroxylation sites is 6. The number of hydrogen-bond acceptors (Lipinski definition) is 10. The van der Waals surface area contributed by atoms with E-state index < -0.39 is 16.1 Å². The first-order valence-corrected chi connectivity index (χ1v) is 50.3. The Hall–Kier alpha value is -12.6. The molecule has 0 radical (unpaired) electrons. The molecule has 0 fully saturated rings. The SMILES string of the molecule is CCCC[Si]1(CCCC)c2ccccc2-c2cc3c(cc21)N(c1ccc2c(ccc4cc(N5c6ccccc6Sc6ccccc65)ccc42)c1)c1ccccc1S3.c1cncc([Si]2(c3cccnc3)c3ccccc3-c3cc4c(cc32)N(c2cc3c5ccccc5c(N5c6ccccc6Sc6ccccc65)cc3c3ccccc23)c2ccccc2S4)c1. The highest BCUT2D eigenvalue weighted by Crippen LogP contribution is 2.60. The molecule has 0 saturated carbocycles. The van der Waals surface area contributed by atoms with Crippen molar-refractivity contribution in [3.63, 3.8) is 0 Å². The third kappa shape index (κ3) is 11.4. The van der Waals surface area contributed by atoms with Crippen LogP contribution in [-0.4, -0.2) is 26.1 Å². The van der Waals surface area contributed by atoms with Crippen molar-refractivity contribution in [3.8, 4) is 22.3 Å². The molecule has 0 amide bonds. The van der Waals surface area contributed by atoms with Crippen LogP contribution in [0.1, 0.15) is 39.5 Å². The molecule has 25 rings (SSSR count). The second-order valence-corrected chi connectivity index (χ2v) is 45.1. The van der Waals surface area contributed by atoms with Crippen molar-refractivity contribution in [1.29, 1.82) is 0 Å². The summed E-state index contributed by atoms with van der Waals surface area (Å²) in [5, 5.41) is 21.0. The molecule has 0 saturated heterocycles. The quantitative estimate of drug-likeness (QED) is 0.0872. The van der Waals surface area contributed by atoms with Gasteiger partial charge in [0.1, 0.15) is 8.07 Å². The number of nitrogens with zero attached hydrogens (tertiary/aromatic N) is 6. The van der Waals surface area contributed by atoms with Gasteiger partial charge in [-0.25, -0.2) is 0 Å². The molecule has 6 nitrogen and oxygen atoms in total. The monoisotopic (exact) mass is 1670 g/mol. The van der Waals surface area contributed by atoms with Gasteiger partial charge in [0.05, 0.1) is 56.9 Å². The van der Waals surface area contributed by atoms with Crippen molar-refractivity contribution < 1.29 is 0 Å². The van der Waals surface area contributed by atoms with Crippen LogP contribution in [0.2, 0.25) is 12.1 Å². The molecule has 0 unspecified atom stereocenters. The van der Waals surface area contributed by atoms with E-state index in [4.69, 9.17) is 9.97 Å². The molecule has 6 aliphatic rings. The van der Waals surface area contributed by atoms with E-state index in [2.05, 4.69) is 398 Å². The van der Waals surface area contributed by atoms with E-state index in [1.54, 1.807) is 10.4 Å². The van der Waals surface area contributed by atoms with Crippen LogP contribution in [0.4, 0.5) is 68.2 Å². The molecule has 0 N–H and O–H groups in total. The molecular formula is C110H80N6S4Si2. The summed E-state index contributed by atoms with van der Waals surface area (Å²) >= 11 is 7.51. The maximum atomic E-state index is 4.77. The standard InChI is InChI=1S/C58H36N4S2Si.C52H44N2S2Si/c1-3-19-41-39(17-1)45-32-51(42-20-4-2-18-40(42)44(45)31-50(41)61-47-22-6-9-25-53(47)63-54-26-10-7-23-48(54)61)62-49-24-8-11-27-55(49)64-56-33-46-43-21-5-12-28-57(43)65(58(46)34-52(56)62,37-15-13-29-59-35-37)38-16-14-30-60-36-38;1-3-5-29-57(30-6-4-2)51-22-14-7-15-41(51)42-33-50-46(34-52(42)57)54(45-18-10-13-21-49(45)56-50)38-26-28-40-36(32-38)24-23-35-31-37(25-27-39(35)40)53-43-16-8-11-19-47(43)55-48-20-12-9-17-44(48)53/h1-36H;7-28,31-34H,3-6,29-30H2,1-2H3. The number of benzene rings is 17. The summed E-state index contributed by atoms with van der Waals surface area (Å²) in [7, 11) is -4.85. The maximum absolute atomic E-state index is 4.77. The third-order valence-corrected chi connectivity index (χ3v) is 40.8. The normalized spacial score (nSPS) is 14.3. The van der Waals surface area contributed by atoms with Crippen LogP contribution >= 0.6 is 47.0 Å². The molecule has 12 heteroatoms. The van der Waals surface area contributed by atoms with Crippen molar-refractivity contribution in [3.05, 3.63) is 377 Å². The number of pyridine rings is 2. The molecule has 8 heterocycles. The minimum absolute atomic E-state index is 1.16. The maximum Gasteiger partial charge on any atom is 0.184 e. The van der Waals surface area contributed by atoms with Crippen molar-refractivity contribution in [1.82, 2.24) is 9.97 Å². The lowest BCUT2D eigenvalue weighted by atomic mass is 9.93. The summed E-state index contributed by atoms with van der Waals surface area (Å²) in [6.07, 6.45) is 13.0.